The molecule has 130 valence electrons. The van der Waals surface area contributed by atoms with E-state index in [0.29, 0.717) is 6.04 Å². The van der Waals surface area contributed by atoms with Gasteiger partial charge in [-0.25, -0.2) is 4.98 Å². The molecule has 1 saturated heterocycles. The standard InChI is InChI=1S/C20H22N2O2S/c1-14-17(21-20(24-14)19-6-4-12-25-19)13-22-11-3-5-18(22)15-7-9-16(23-2)10-8-15/h4,6-10,12,18H,3,5,11,13H2,1-2H3. The summed E-state index contributed by atoms with van der Waals surface area (Å²) >= 11 is 1.66. The molecular formula is C20H22N2O2S. The maximum absolute atomic E-state index is 5.90. The maximum Gasteiger partial charge on any atom is 0.236 e. The number of hydrogen-bond acceptors (Lipinski definition) is 5. The monoisotopic (exact) mass is 354 g/mol. The molecule has 0 aliphatic carbocycles. The first-order valence-electron chi connectivity index (χ1n) is 8.63. The molecule has 3 aromatic rings. The SMILES string of the molecule is COc1ccc(C2CCCN2Cc2nc(-c3cccs3)oc2C)cc1. The van der Waals surface area contributed by atoms with E-state index in [1.54, 1.807) is 18.4 Å². The highest BCUT2D eigenvalue weighted by molar-refractivity contribution is 7.13. The first-order chi connectivity index (χ1) is 12.2. The summed E-state index contributed by atoms with van der Waals surface area (Å²) in [4.78, 5) is 8.34. The average Bonchev–Trinajstić information content (AvgIpc) is 3.37. The number of aromatic nitrogens is 1. The molecule has 1 atom stereocenters. The van der Waals surface area contributed by atoms with E-state index in [1.165, 1.54) is 18.4 Å². The Morgan fingerprint density at radius 3 is 2.84 bits per heavy atom. The lowest BCUT2D eigenvalue weighted by Crippen LogP contribution is -2.23. The van der Waals surface area contributed by atoms with Crippen LogP contribution in [0.3, 0.4) is 0 Å². The van der Waals surface area contributed by atoms with Gasteiger partial charge in [-0.2, -0.15) is 0 Å². The van der Waals surface area contributed by atoms with Crippen molar-refractivity contribution in [3.8, 4) is 16.5 Å². The number of thiophene rings is 1. The van der Waals surface area contributed by atoms with E-state index in [2.05, 4.69) is 28.5 Å². The number of benzene rings is 1. The Bertz CT molecular complexity index is 824. The van der Waals surface area contributed by atoms with Gasteiger partial charge >= 0.3 is 0 Å². The predicted molar refractivity (Wildman–Crippen MR) is 99.9 cm³/mol. The first-order valence-corrected chi connectivity index (χ1v) is 9.51. The predicted octanol–water partition coefficient (Wildman–Crippen LogP) is 5.06. The summed E-state index contributed by atoms with van der Waals surface area (Å²) in [6.07, 6.45) is 2.40. The number of aryl methyl sites for hydroxylation is 1. The Morgan fingerprint density at radius 1 is 1.28 bits per heavy atom. The van der Waals surface area contributed by atoms with E-state index in [0.717, 1.165) is 41.1 Å². The number of nitrogens with zero attached hydrogens (tertiary/aromatic N) is 2. The first kappa shape index (κ1) is 16.4. The van der Waals surface area contributed by atoms with Gasteiger partial charge in [0.15, 0.2) is 0 Å². The molecule has 1 aliphatic rings. The van der Waals surface area contributed by atoms with Crippen LogP contribution in [0, 0.1) is 6.92 Å². The Labute approximate surface area is 152 Å². The Kier molecular flexibility index (Phi) is 4.59. The highest BCUT2D eigenvalue weighted by atomic mass is 32.1. The molecule has 0 amide bonds. The Hall–Kier alpha value is -2.11. The van der Waals surface area contributed by atoms with Crippen molar-refractivity contribution >= 4 is 11.3 Å². The quantitative estimate of drug-likeness (QED) is 0.642. The van der Waals surface area contributed by atoms with Gasteiger partial charge in [-0.05, 0) is 55.5 Å². The Morgan fingerprint density at radius 2 is 2.12 bits per heavy atom. The second-order valence-corrected chi connectivity index (χ2v) is 7.35. The van der Waals surface area contributed by atoms with Crippen molar-refractivity contribution in [2.24, 2.45) is 0 Å². The zero-order valence-electron chi connectivity index (χ0n) is 14.6. The second kappa shape index (κ2) is 7.02. The molecule has 0 radical (unpaired) electrons. The van der Waals surface area contributed by atoms with E-state index in [1.807, 2.05) is 25.1 Å². The fourth-order valence-corrected chi connectivity index (χ4v) is 4.14. The molecule has 1 fully saturated rings. The number of ether oxygens (including phenoxy) is 1. The summed E-state index contributed by atoms with van der Waals surface area (Å²) in [5, 5.41) is 2.05. The van der Waals surface area contributed by atoms with Crippen LogP contribution in [0.15, 0.2) is 46.2 Å². The van der Waals surface area contributed by atoms with Gasteiger partial charge in [0.25, 0.3) is 0 Å². The van der Waals surface area contributed by atoms with E-state index < -0.39 is 0 Å². The zero-order chi connectivity index (χ0) is 17.2. The van der Waals surface area contributed by atoms with Gasteiger partial charge < -0.3 is 9.15 Å². The summed E-state index contributed by atoms with van der Waals surface area (Å²) in [7, 11) is 1.70. The minimum Gasteiger partial charge on any atom is -0.497 e. The lowest BCUT2D eigenvalue weighted by atomic mass is 10.0. The largest absolute Gasteiger partial charge is 0.497 e. The third kappa shape index (κ3) is 3.34. The summed E-state index contributed by atoms with van der Waals surface area (Å²) < 4.78 is 11.2. The summed E-state index contributed by atoms with van der Waals surface area (Å²) in [5.41, 5.74) is 2.39. The van der Waals surface area contributed by atoms with Crippen molar-refractivity contribution in [3.05, 3.63) is 58.8 Å². The van der Waals surface area contributed by atoms with Crippen molar-refractivity contribution in [3.63, 3.8) is 0 Å². The number of methoxy groups -OCH3 is 1. The topological polar surface area (TPSA) is 38.5 Å². The third-order valence-electron chi connectivity index (χ3n) is 4.84. The molecular weight excluding hydrogens is 332 g/mol. The van der Waals surface area contributed by atoms with Crippen molar-refractivity contribution in [1.29, 1.82) is 0 Å². The van der Waals surface area contributed by atoms with Crippen molar-refractivity contribution < 1.29 is 9.15 Å². The highest BCUT2D eigenvalue weighted by Gasteiger charge is 2.27. The lowest BCUT2D eigenvalue weighted by molar-refractivity contribution is 0.244. The fourth-order valence-electron chi connectivity index (χ4n) is 3.49. The highest BCUT2D eigenvalue weighted by Crippen LogP contribution is 2.35. The van der Waals surface area contributed by atoms with E-state index in [9.17, 15) is 0 Å². The summed E-state index contributed by atoms with van der Waals surface area (Å²) in [6, 6.07) is 13.0. The third-order valence-corrected chi connectivity index (χ3v) is 5.70. The van der Waals surface area contributed by atoms with Gasteiger partial charge in [0, 0.05) is 12.6 Å². The molecule has 2 aromatic heterocycles. The van der Waals surface area contributed by atoms with Crippen LogP contribution in [-0.2, 0) is 6.54 Å². The Balaban J connectivity index is 1.53. The molecule has 0 spiro atoms. The minimum absolute atomic E-state index is 0.437. The number of likely N-dealkylation sites (tertiary alicyclic amines) is 1. The van der Waals surface area contributed by atoms with Gasteiger partial charge in [-0.3, -0.25) is 4.90 Å². The van der Waals surface area contributed by atoms with Crippen LogP contribution in [0.25, 0.3) is 10.8 Å². The van der Waals surface area contributed by atoms with Gasteiger partial charge in [0.05, 0.1) is 17.7 Å². The maximum atomic E-state index is 5.90. The van der Waals surface area contributed by atoms with Gasteiger partial charge in [-0.15, -0.1) is 11.3 Å². The molecule has 1 aliphatic heterocycles. The van der Waals surface area contributed by atoms with Crippen LogP contribution in [0.2, 0.25) is 0 Å². The van der Waals surface area contributed by atoms with E-state index >= 15 is 0 Å². The van der Waals surface area contributed by atoms with Gasteiger partial charge in [0.2, 0.25) is 5.89 Å². The average molecular weight is 354 g/mol. The van der Waals surface area contributed by atoms with Crippen molar-refractivity contribution in [2.45, 2.75) is 32.4 Å². The number of rotatable bonds is 5. The van der Waals surface area contributed by atoms with Crippen molar-refractivity contribution in [1.82, 2.24) is 9.88 Å². The smallest absolute Gasteiger partial charge is 0.236 e. The number of oxazole rings is 1. The van der Waals surface area contributed by atoms with Gasteiger partial charge in [0.1, 0.15) is 11.5 Å². The van der Waals surface area contributed by atoms with Crippen LogP contribution in [-0.4, -0.2) is 23.5 Å². The van der Waals surface area contributed by atoms with E-state index in [4.69, 9.17) is 14.1 Å². The summed E-state index contributed by atoms with van der Waals surface area (Å²) in [6.45, 7) is 3.94. The molecule has 25 heavy (non-hydrogen) atoms. The van der Waals surface area contributed by atoms with E-state index in [-0.39, 0.29) is 0 Å². The molecule has 3 heterocycles. The van der Waals surface area contributed by atoms with Crippen LogP contribution in [0.4, 0.5) is 0 Å². The zero-order valence-corrected chi connectivity index (χ0v) is 15.4. The summed E-state index contributed by atoms with van der Waals surface area (Å²) in [5.74, 6) is 2.56. The molecule has 4 rings (SSSR count). The lowest BCUT2D eigenvalue weighted by Gasteiger charge is -2.24. The van der Waals surface area contributed by atoms with Crippen molar-refractivity contribution in [2.75, 3.05) is 13.7 Å². The minimum atomic E-state index is 0.437. The number of hydrogen-bond donors (Lipinski definition) is 0. The van der Waals surface area contributed by atoms with Crippen LogP contribution in [0.5, 0.6) is 5.75 Å². The molecule has 5 heteroatoms. The fraction of sp³-hybridized carbons (Fsp3) is 0.350. The second-order valence-electron chi connectivity index (χ2n) is 6.40. The molecule has 1 unspecified atom stereocenters. The molecule has 0 N–H and O–H groups in total. The van der Waals surface area contributed by atoms with Crippen LogP contribution in [0.1, 0.15) is 35.9 Å². The van der Waals surface area contributed by atoms with Gasteiger partial charge in [-0.1, -0.05) is 18.2 Å². The molecule has 0 saturated carbocycles. The normalized spacial score (nSPS) is 17.9. The molecule has 0 bridgehead atoms. The molecule has 1 aromatic carbocycles. The van der Waals surface area contributed by atoms with Crippen LogP contribution >= 0.6 is 11.3 Å². The molecule has 4 nitrogen and oxygen atoms in total. The van der Waals surface area contributed by atoms with Crippen LogP contribution < -0.4 is 4.74 Å².